The highest BCUT2D eigenvalue weighted by molar-refractivity contribution is 5.98. The molecule has 2 N–H and O–H groups in total. The van der Waals surface area contributed by atoms with Crippen molar-refractivity contribution in [1.82, 2.24) is 14.8 Å². The fourth-order valence-electron chi connectivity index (χ4n) is 5.13. The van der Waals surface area contributed by atoms with Gasteiger partial charge in [0, 0.05) is 37.0 Å². The Kier molecular flexibility index (Phi) is 6.45. The number of carbonyl (C=O) groups is 3. The Hall–Kier alpha value is -2.94. The number of aromatic amines is 1. The Morgan fingerprint density at radius 1 is 1.22 bits per heavy atom. The molecule has 4 heterocycles. The smallest absolute Gasteiger partial charge is 0.312 e. The molecule has 0 saturated carbocycles. The van der Waals surface area contributed by atoms with Crippen LogP contribution >= 0.6 is 0 Å². The van der Waals surface area contributed by atoms with Crippen LogP contribution in [0.3, 0.4) is 0 Å². The van der Waals surface area contributed by atoms with Crippen LogP contribution in [-0.4, -0.2) is 77.1 Å². The number of carbonyl (C=O) groups excluding carboxylic acids is 2. The minimum Gasteiger partial charge on any atom is -0.483 e. The Morgan fingerprint density at radius 2 is 1.91 bits per heavy atom. The van der Waals surface area contributed by atoms with Gasteiger partial charge in [-0.2, -0.15) is 0 Å². The van der Waals surface area contributed by atoms with Crippen molar-refractivity contribution in [3.63, 3.8) is 0 Å². The van der Waals surface area contributed by atoms with E-state index in [1.165, 1.54) is 25.0 Å². The topological polar surface area (TPSA) is 103 Å². The zero-order chi connectivity index (χ0) is 22.7. The summed E-state index contributed by atoms with van der Waals surface area (Å²) >= 11 is 0. The molecule has 1 atom stereocenters. The van der Waals surface area contributed by atoms with Gasteiger partial charge in [0.25, 0.3) is 12.4 Å². The number of halogens is 1. The molecule has 5 rings (SSSR count). The van der Waals surface area contributed by atoms with Gasteiger partial charge in [0.1, 0.15) is 17.6 Å². The average molecular weight is 445 g/mol. The van der Waals surface area contributed by atoms with Gasteiger partial charge >= 0.3 is 5.97 Å². The molecule has 1 aromatic heterocycles. The zero-order valence-corrected chi connectivity index (χ0v) is 17.9. The number of carboxylic acid groups (broad SMARTS) is 1. The fourth-order valence-corrected chi connectivity index (χ4v) is 5.13. The van der Waals surface area contributed by atoms with Crippen LogP contribution in [0.4, 0.5) is 4.39 Å². The summed E-state index contributed by atoms with van der Waals surface area (Å²) in [6.45, 7) is 3.85. The Bertz CT molecular complexity index is 993. The lowest BCUT2D eigenvalue weighted by Crippen LogP contribution is -2.45. The van der Waals surface area contributed by atoms with Crippen LogP contribution in [0.2, 0.25) is 0 Å². The van der Waals surface area contributed by atoms with Crippen molar-refractivity contribution < 1.29 is 28.6 Å². The summed E-state index contributed by atoms with van der Waals surface area (Å²) in [4.78, 5) is 41.2. The first-order valence-corrected chi connectivity index (χ1v) is 11.0. The lowest BCUT2D eigenvalue weighted by Gasteiger charge is -2.36. The molecular weight excluding hydrogens is 417 g/mol. The van der Waals surface area contributed by atoms with Gasteiger partial charge in [0.15, 0.2) is 0 Å². The number of nitrogens with one attached hydrogen (secondary N) is 1. The molecule has 1 spiro atoms. The van der Waals surface area contributed by atoms with Crippen LogP contribution < -0.4 is 0 Å². The lowest BCUT2D eigenvalue weighted by atomic mass is 9.76. The van der Waals surface area contributed by atoms with E-state index in [0.29, 0.717) is 37.0 Å². The zero-order valence-electron chi connectivity index (χ0n) is 17.9. The maximum absolute atomic E-state index is 13.4. The molecule has 3 fully saturated rings. The molecule has 3 saturated heterocycles. The van der Waals surface area contributed by atoms with Crippen LogP contribution in [0.5, 0.6) is 0 Å². The van der Waals surface area contributed by atoms with Crippen molar-refractivity contribution in [2.24, 2.45) is 5.41 Å². The van der Waals surface area contributed by atoms with E-state index in [4.69, 9.17) is 14.6 Å². The Morgan fingerprint density at radius 3 is 2.59 bits per heavy atom. The summed E-state index contributed by atoms with van der Waals surface area (Å²) in [6, 6.07) is 6.13. The van der Waals surface area contributed by atoms with Crippen LogP contribution in [0.25, 0.3) is 10.9 Å². The number of rotatable bonds is 3. The van der Waals surface area contributed by atoms with Crippen LogP contribution in [-0.2, 0) is 14.3 Å². The van der Waals surface area contributed by atoms with E-state index in [2.05, 4.69) is 9.88 Å². The number of likely N-dealkylation sites (tertiary alicyclic amines) is 2. The molecule has 2 aromatic rings. The normalized spacial score (nSPS) is 22.6. The second-order valence-electron chi connectivity index (χ2n) is 8.83. The highest BCUT2D eigenvalue weighted by atomic mass is 19.1. The molecule has 172 valence electrons. The van der Waals surface area contributed by atoms with Gasteiger partial charge in [-0.3, -0.25) is 19.3 Å². The number of ether oxygens (including phenoxy) is 1. The van der Waals surface area contributed by atoms with Crippen LogP contribution in [0.15, 0.2) is 24.3 Å². The van der Waals surface area contributed by atoms with Crippen molar-refractivity contribution in [3.8, 4) is 0 Å². The number of amides is 1. The third-order valence-corrected chi connectivity index (χ3v) is 6.81. The quantitative estimate of drug-likeness (QED) is 0.556. The average Bonchev–Trinajstić information content (AvgIpc) is 3.49. The summed E-state index contributed by atoms with van der Waals surface area (Å²) in [5.41, 5.74) is 0.764. The van der Waals surface area contributed by atoms with E-state index in [1.807, 2.05) is 0 Å². The Labute approximate surface area is 185 Å². The minimum absolute atomic E-state index is 0.0218. The van der Waals surface area contributed by atoms with E-state index in [0.717, 1.165) is 31.6 Å². The van der Waals surface area contributed by atoms with Crippen molar-refractivity contribution in [3.05, 3.63) is 35.8 Å². The van der Waals surface area contributed by atoms with Gasteiger partial charge < -0.3 is 19.7 Å². The molecule has 3 aliphatic heterocycles. The second-order valence-corrected chi connectivity index (χ2v) is 8.83. The Balaban J connectivity index is 0.000000775. The molecule has 0 bridgehead atoms. The van der Waals surface area contributed by atoms with E-state index >= 15 is 0 Å². The third kappa shape index (κ3) is 4.48. The lowest BCUT2D eigenvalue weighted by molar-refractivity contribution is -0.151. The van der Waals surface area contributed by atoms with Crippen LogP contribution in [0, 0.1) is 11.2 Å². The molecular formula is C23H28FN3O5. The monoisotopic (exact) mass is 445 g/mol. The highest BCUT2D eigenvalue weighted by Gasteiger charge is 2.51. The number of H-pyrrole nitrogens is 1. The summed E-state index contributed by atoms with van der Waals surface area (Å²) < 4.78 is 19.1. The van der Waals surface area contributed by atoms with Gasteiger partial charge in [0.05, 0.1) is 5.41 Å². The molecule has 8 nitrogen and oxygen atoms in total. The largest absolute Gasteiger partial charge is 0.483 e. The van der Waals surface area contributed by atoms with Gasteiger partial charge in [-0.15, -0.1) is 0 Å². The molecule has 32 heavy (non-hydrogen) atoms. The number of cyclic esters (lactones) is 1. The molecule has 1 unspecified atom stereocenters. The summed E-state index contributed by atoms with van der Waals surface area (Å²) in [5, 5.41) is 7.57. The van der Waals surface area contributed by atoms with Gasteiger partial charge in [-0.1, -0.05) is 0 Å². The molecule has 9 heteroatoms. The number of benzene rings is 1. The first-order chi connectivity index (χ1) is 15.4. The molecule has 1 aromatic carbocycles. The second kappa shape index (κ2) is 9.28. The number of fused-ring (bicyclic) bond motifs is 1. The van der Waals surface area contributed by atoms with Crippen molar-refractivity contribution in [2.45, 2.75) is 38.2 Å². The standard InChI is InChI=1S/C22H26FN3O3.CH2O2/c23-16-3-4-18-15(11-16)12-19(24-18)20(27)26-9-5-22(6-10-26)13-17(29-21(22)28)14-25-7-1-2-8-25;2-1-3/h3-4,11-12,17,24H,1-2,5-10,13-14H2;1H,(H,2,3). The highest BCUT2D eigenvalue weighted by Crippen LogP contribution is 2.43. The van der Waals surface area contributed by atoms with E-state index < -0.39 is 5.41 Å². The van der Waals surface area contributed by atoms with E-state index in [-0.39, 0.29) is 30.3 Å². The number of aromatic nitrogens is 1. The fraction of sp³-hybridized carbons (Fsp3) is 0.522. The number of esters is 1. The van der Waals surface area contributed by atoms with Gasteiger partial charge in [-0.25, -0.2) is 4.39 Å². The SMILES string of the molecule is O=C(c1cc2cc(F)ccc2[nH]1)N1CCC2(CC1)CC(CN1CCCC1)OC2=O.O=CO. The molecule has 0 radical (unpaired) electrons. The van der Waals surface area contributed by atoms with Crippen molar-refractivity contribution in [2.75, 3.05) is 32.7 Å². The first-order valence-electron chi connectivity index (χ1n) is 11.0. The minimum atomic E-state index is -0.440. The first kappa shape index (κ1) is 22.3. The van der Waals surface area contributed by atoms with E-state index in [1.54, 1.807) is 17.0 Å². The number of hydrogen-bond acceptors (Lipinski definition) is 5. The number of piperidine rings is 1. The number of hydrogen-bond donors (Lipinski definition) is 2. The maximum atomic E-state index is 13.4. The summed E-state index contributed by atoms with van der Waals surface area (Å²) in [5.74, 6) is -0.509. The molecule has 1 amide bonds. The number of nitrogens with zero attached hydrogens (tertiary/aromatic N) is 2. The van der Waals surface area contributed by atoms with Crippen LogP contribution in [0.1, 0.15) is 42.6 Å². The predicted molar refractivity (Wildman–Crippen MR) is 115 cm³/mol. The van der Waals surface area contributed by atoms with Crippen molar-refractivity contribution in [1.29, 1.82) is 0 Å². The summed E-state index contributed by atoms with van der Waals surface area (Å²) in [7, 11) is 0. The van der Waals surface area contributed by atoms with Gasteiger partial charge in [-0.05, 0) is 63.0 Å². The maximum Gasteiger partial charge on any atom is 0.312 e. The van der Waals surface area contributed by atoms with E-state index in [9.17, 15) is 14.0 Å². The molecule has 3 aliphatic rings. The predicted octanol–water partition coefficient (Wildman–Crippen LogP) is 2.64. The van der Waals surface area contributed by atoms with Gasteiger partial charge in [0.2, 0.25) is 0 Å². The van der Waals surface area contributed by atoms with Crippen molar-refractivity contribution >= 4 is 29.3 Å². The molecule has 0 aliphatic carbocycles. The third-order valence-electron chi connectivity index (χ3n) is 6.81. The summed E-state index contributed by atoms with van der Waals surface area (Å²) in [6.07, 6.45) is 4.47.